The van der Waals surface area contributed by atoms with Gasteiger partial charge in [0.05, 0.1) is 0 Å². The largest absolute Gasteiger partial charge is 0.368 e. The van der Waals surface area contributed by atoms with Crippen LogP contribution in [0.4, 0.5) is 5.69 Å². The predicted molar refractivity (Wildman–Crippen MR) is 129 cm³/mol. The van der Waals surface area contributed by atoms with Crippen LogP contribution in [0.15, 0.2) is 67.0 Å². The first-order chi connectivity index (χ1) is 15.2. The molecule has 0 unspecified atom stereocenters. The lowest BCUT2D eigenvalue weighted by atomic mass is 10.0. The second kappa shape index (κ2) is 9.23. The molecule has 0 atom stereocenters. The van der Waals surface area contributed by atoms with Crippen molar-refractivity contribution in [3.63, 3.8) is 0 Å². The Balaban J connectivity index is 1.18. The first kappa shape index (κ1) is 20.3. The van der Waals surface area contributed by atoms with Gasteiger partial charge in [-0.15, -0.1) is 0 Å². The minimum absolute atomic E-state index is 0.688. The van der Waals surface area contributed by atoms with Crippen molar-refractivity contribution >= 4 is 5.69 Å². The third-order valence-electron chi connectivity index (χ3n) is 7.07. The number of rotatable bonds is 6. The van der Waals surface area contributed by atoms with Crippen molar-refractivity contribution < 1.29 is 0 Å². The van der Waals surface area contributed by atoms with E-state index < -0.39 is 0 Å². The van der Waals surface area contributed by atoms with Gasteiger partial charge in [-0.1, -0.05) is 42.0 Å². The summed E-state index contributed by atoms with van der Waals surface area (Å²) >= 11 is 0. The van der Waals surface area contributed by atoms with Gasteiger partial charge in [-0.3, -0.25) is 4.98 Å². The lowest BCUT2D eigenvalue weighted by Gasteiger charge is -2.38. The van der Waals surface area contributed by atoms with Gasteiger partial charge in [0.25, 0.3) is 0 Å². The fourth-order valence-corrected chi connectivity index (χ4v) is 5.17. The number of anilines is 1. The highest BCUT2D eigenvalue weighted by Gasteiger charge is 2.29. The van der Waals surface area contributed by atoms with E-state index in [4.69, 9.17) is 0 Å². The molecule has 3 aromatic rings. The molecular formula is C28H33N3. The number of fused-ring (bicyclic) bond motifs is 1. The predicted octanol–water partition coefficient (Wildman–Crippen LogP) is 5.05. The van der Waals surface area contributed by atoms with E-state index in [1.165, 1.54) is 78.9 Å². The van der Waals surface area contributed by atoms with Crippen LogP contribution < -0.4 is 4.90 Å². The number of hydrogen-bond acceptors (Lipinski definition) is 3. The monoisotopic (exact) mass is 411 g/mol. The Morgan fingerprint density at radius 3 is 2.35 bits per heavy atom. The van der Waals surface area contributed by atoms with E-state index in [2.05, 4.69) is 76.3 Å². The molecule has 160 valence electrons. The zero-order valence-electron chi connectivity index (χ0n) is 18.6. The summed E-state index contributed by atoms with van der Waals surface area (Å²) < 4.78 is 0. The molecule has 2 aliphatic rings. The van der Waals surface area contributed by atoms with Gasteiger partial charge in [0, 0.05) is 50.3 Å². The molecule has 2 aromatic carbocycles. The average Bonchev–Trinajstić information content (AvgIpc) is 3.23. The normalized spacial score (nSPS) is 17.1. The molecule has 1 saturated heterocycles. The van der Waals surface area contributed by atoms with Crippen LogP contribution in [0, 0.1) is 6.92 Å². The first-order valence-corrected chi connectivity index (χ1v) is 11.8. The fourth-order valence-electron chi connectivity index (χ4n) is 5.17. The molecule has 0 spiro atoms. The molecule has 0 saturated carbocycles. The highest BCUT2D eigenvalue weighted by Crippen LogP contribution is 2.34. The summed E-state index contributed by atoms with van der Waals surface area (Å²) in [4.78, 5) is 9.52. The van der Waals surface area contributed by atoms with Crippen molar-refractivity contribution in [2.45, 2.75) is 45.1 Å². The molecule has 0 bridgehead atoms. The molecule has 1 fully saturated rings. The molecule has 31 heavy (non-hydrogen) atoms. The highest BCUT2D eigenvalue weighted by molar-refractivity contribution is 5.60. The van der Waals surface area contributed by atoms with Crippen LogP contribution in [0.2, 0.25) is 0 Å². The maximum atomic E-state index is 4.15. The molecule has 0 amide bonds. The lowest BCUT2D eigenvalue weighted by molar-refractivity contribution is 0.212. The number of nitrogens with zero attached hydrogens (tertiary/aromatic N) is 3. The van der Waals surface area contributed by atoms with Crippen LogP contribution in [0.1, 0.15) is 40.7 Å². The maximum Gasteiger partial charge on any atom is 0.0404 e. The van der Waals surface area contributed by atoms with E-state index in [-0.39, 0.29) is 0 Å². The van der Waals surface area contributed by atoms with Crippen LogP contribution in [0.25, 0.3) is 0 Å². The fraction of sp³-hybridized carbons (Fsp3) is 0.393. The smallest absolute Gasteiger partial charge is 0.0404 e. The first-order valence-electron chi connectivity index (χ1n) is 11.8. The van der Waals surface area contributed by atoms with Gasteiger partial charge < -0.3 is 9.80 Å². The second-order valence-electron chi connectivity index (χ2n) is 9.25. The standard InChI is InChI=1S/C28H33N3/c1-22-2-4-23(5-3-22)10-16-30-17-12-27(13-18-30)31-19-11-26-7-6-25(21-28(26)31)20-24-8-14-29-15-9-24/h2-9,14-15,21,27H,10-13,16-20H2,1H3. The molecule has 3 nitrogen and oxygen atoms in total. The van der Waals surface area contributed by atoms with Gasteiger partial charge in [-0.25, -0.2) is 0 Å². The van der Waals surface area contributed by atoms with Crippen LogP contribution in [0.3, 0.4) is 0 Å². The van der Waals surface area contributed by atoms with E-state index in [1.54, 1.807) is 0 Å². The van der Waals surface area contributed by atoms with E-state index in [1.807, 2.05) is 12.4 Å². The van der Waals surface area contributed by atoms with Crippen molar-refractivity contribution in [1.82, 2.24) is 9.88 Å². The average molecular weight is 412 g/mol. The molecule has 3 heteroatoms. The van der Waals surface area contributed by atoms with Gasteiger partial charge in [-0.2, -0.15) is 0 Å². The third-order valence-corrected chi connectivity index (χ3v) is 7.07. The van der Waals surface area contributed by atoms with Crippen molar-refractivity contribution in [2.75, 3.05) is 31.1 Å². The maximum absolute atomic E-state index is 4.15. The summed E-state index contributed by atoms with van der Waals surface area (Å²) in [5, 5.41) is 0. The molecule has 0 radical (unpaired) electrons. The van der Waals surface area contributed by atoms with Crippen LogP contribution >= 0.6 is 0 Å². The Bertz CT molecular complexity index is 989. The van der Waals surface area contributed by atoms with Crippen molar-refractivity contribution in [3.05, 3.63) is 94.8 Å². The summed E-state index contributed by atoms with van der Waals surface area (Å²) in [6.07, 6.45) is 9.68. The zero-order chi connectivity index (χ0) is 21.0. The zero-order valence-corrected chi connectivity index (χ0v) is 18.6. The highest BCUT2D eigenvalue weighted by atomic mass is 15.2. The number of likely N-dealkylation sites (tertiary alicyclic amines) is 1. The second-order valence-corrected chi connectivity index (χ2v) is 9.25. The van der Waals surface area contributed by atoms with Gasteiger partial charge in [0.2, 0.25) is 0 Å². The van der Waals surface area contributed by atoms with E-state index in [9.17, 15) is 0 Å². The molecular weight excluding hydrogens is 378 g/mol. The summed E-state index contributed by atoms with van der Waals surface area (Å²) in [5.74, 6) is 0. The SMILES string of the molecule is Cc1ccc(CCN2CCC(N3CCc4ccc(Cc5ccncc5)cc43)CC2)cc1. The number of hydrogen-bond donors (Lipinski definition) is 0. The minimum atomic E-state index is 0.688. The van der Waals surface area contributed by atoms with E-state index in [0.29, 0.717) is 6.04 Å². The molecule has 5 rings (SSSR count). The Hall–Kier alpha value is -2.65. The van der Waals surface area contributed by atoms with Crippen LogP contribution in [-0.2, 0) is 19.3 Å². The molecule has 0 aliphatic carbocycles. The summed E-state index contributed by atoms with van der Waals surface area (Å²) in [5.41, 5.74) is 8.57. The van der Waals surface area contributed by atoms with Gasteiger partial charge in [0.1, 0.15) is 0 Å². The van der Waals surface area contributed by atoms with Gasteiger partial charge >= 0.3 is 0 Å². The Morgan fingerprint density at radius 1 is 0.839 bits per heavy atom. The Labute approximate surface area is 186 Å². The number of benzene rings is 2. The van der Waals surface area contributed by atoms with Gasteiger partial charge in [-0.05, 0) is 79.5 Å². The van der Waals surface area contributed by atoms with Crippen LogP contribution in [-0.4, -0.2) is 42.1 Å². The minimum Gasteiger partial charge on any atom is -0.368 e. The third kappa shape index (κ3) is 4.83. The van der Waals surface area contributed by atoms with E-state index in [0.717, 1.165) is 12.8 Å². The number of piperidine rings is 1. The quantitative estimate of drug-likeness (QED) is 0.566. The summed E-state index contributed by atoms with van der Waals surface area (Å²) in [7, 11) is 0. The summed E-state index contributed by atoms with van der Waals surface area (Å²) in [6, 6.07) is 21.1. The number of aryl methyl sites for hydroxylation is 1. The van der Waals surface area contributed by atoms with Crippen molar-refractivity contribution in [1.29, 1.82) is 0 Å². The van der Waals surface area contributed by atoms with Crippen LogP contribution in [0.5, 0.6) is 0 Å². The topological polar surface area (TPSA) is 19.4 Å². The van der Waals surface area contributed by atoms with Crippen molar-refractivity contribution in [2.24, 2.45) is 0 Å². The molecule has 0 N–H and O–H groups in total. The Kier molecular flexibility index (Phi) is 6.04. The van der Waals surface area contributed by atoms with Crippen molar-refractivity contribution in [3.8, 4) is 0 Å². The number of aromatic nitrogens is 1. The Morgan fingerprint density at radius 2 is 1.58 bits per heavy atom. The summed E-state index contributed by atoms with van der Waals surface area (Å²) in [6.45, 7) is 6.97. The van der Waals surface area contributed by atoms with Gasteiger partial charge in [0.15, 0.2) is 0 Å². The lowest BCUT2D eigenvalue weighted by Crippen LogP contribution is -2.45. The van der Waals surface area contributed by atoms with E-state index >= 15 is 0 Å². The molecule has 1 aromatic heterocycles. The molecule has 2 aliphatic heterocycles. The molecule has 3 heterocycles. The number of pyridine rings is 1.